The molecule has 0 spiro atoms. The summed E-state index contributed by atoms with van der Waals surface area (Å²) in [4.78, 5) is 28.6. The second kappa shape index (κ2) is 7.67. The van der Waals surface area contributed by atoms with Crippen LogP contribution < -0.4 is 4.90 Å². The van der Waals surface area contributed by atoms with E-state index in [9.17, 15) is 14.8 Å². The van der Waals surface area contributed by atoms with Crippen LogP contribution in [0.2, 0.25) is 0 Å². The Morgan fingerprint density at radius 2 is 1.97 bits per heavy atom. The van der Waals surface area contributed by atoms with Crippen LogP contribution in [0.4, 0.5) is 5.69 Å². The van der Waals surface area contributed by atoms with Crippen LogP contribution in [-0.2, 0) is 27.3 Å². The molecule has 7 nitrogen and oxygen atoms in total. The van der Waals surface area contributed by atoms with Gasteiger partial charge in [0.1, 0.15) is 6.54 Å². The predicted octanol–water partition coefficient (Wildman–Crippen LogP) is 2.43. The largest absolute Gasteiger partial charge is 0.468 e. The van der Waals surface area contributed by atoms with Gasteiger partial charge in [0.2, 0.25) is 0 Å². The minimum Gasteiger partial charge on any atom is -0.468 e. The lowest BCUT2D eigenvalue weighted by atomic mass is 9.87. The number of carbonyl (C=O) groups is 2. The monoisotopic (exact) mass is 393 g/mol. The minimum atomic E-state index is -0.521. The maximum absolute atomic E-state index is 12.9. The summed E-state index contributed by atoms with van der Waals surface area (Å²) in [5.41, 5.74) is 5.42. The average Bonchev–Trinajstić information content (AvgIpc) is 3.03. The molecule has 0 fully saturated rings. The van der Waals surface area contributed by atoms with E-state index in [-0.39, 0.29) is 12.3 Å². The number of hydrogen-bond acceptors (Lipinski definition) is 6. The van der Waals surface area contributed by atoms with Gasteiger partial charge in [0.05, 0.1) is 12.8 Å². The van der Waals surface area contributed by atoms with E-state index >= 15 is 0 Å². The van der Waals surface area contributed by atoms with Crippen molar-refractivity contribution < 1.29 is 19.5 Å². The van der Waals surface area contributed by atoms with Gasteiger partial charge in [-0.2, -0.15) is 0 Å². The molecule has 0 aromatic heterocycles. The third-order valence-electron chi connectivity index (χ3n) is 5.70. The maximum atomic E-state index is 12.9. The number of likely N-dealkylation sites (N-methyl/N-ethyl adjacent to an activating group) is 1. The van der Waals surface area contributed by atoms with Gasteiger partial charge >= 0.3 is 5.97 Å². The molecule has 29 heavy (non-hydrogen) atoms. The molecule has 2 aliphatic heterocycles. The van der Waals surface area contributed by atoms with Gasteiger partial charge in [-0.1, -0.05) is 42.4 Å². The molecule has 0 saturated carbocycles. The second-order valence-electron chi connectivity index (χ2n) is 7.18. The Hall–Kier alpha value is -3.19. The fourth-order valence-electron chi connectivity index (χ4n) is 4.22. The zero-order valence-corrected chi connectivity index (χ0v) is 16.5. The van der Waals surface area contributed by atoms with Crippen molar-refractivity contribution in [1.29, 1.82) is 0 Å². The Labute approximate surface area is 169 Å². The van der Waals surface area contributed by atoms with Crippen molar-refractivity contribution in [2.75, 3.05) is 31.6 Å². The smallest absolute Gasteiger partial charge is 0.325 e. The van der Waals surface area contributed by atoms with E-state index in [0.29, 0.717) is 17.8 Å². The van der Waals surface area contributed by atoms with Crippen LogP contribution in [0.25, 0.3) is 11.1 Å². The maximum Gasteiger partial charge on any atom is 0.325 e. The van der Waals surface area contributed by atoms with Crippen LogP contribution in [0, 0.1) is 0 Å². The van der Waals surface area contributed by atoms with Gasteiger partial charge in [-0.25, -0.2) is 0 Å². The molecular weight excluding hydrogens is 370 g/mol. The number of fused-ring (bicyclic) bond motifs is 3. The average molecular weight is 393 g/mol. The summed E-state index contributed by atoms with van der Waals surface area (Å²) in [5, 5.41) is 12.8. The summed E-state index contributed by atoms with van der Waals surface area (Å²) in [6.45, 7) is 4.36. The van der Waals surface area contributed by atoms with Crippen LogP contribution in [0.15, 0.2) is 41.6 Å². The van der Waals surface area contributed by atoms with Crippen molar-refractivity contribution >= 4 is 23.3 Å². The Morgan fingerprint density at radius 1 is 1.21 bits per heavy atom. The Kier molecular flexibility index (Phi) is 5.07. The number of methoxy groups -OCH3 is 1. The fourth-order valence-corrected chi connectivity index (χ4v) is 4.22. The van der Waals surface area contributed by atoms with E-state index in [0.717, 1.165) is 36.2 Å². The van der Waals surface area contributed by atoms with Gasteiger partial charge in [0.15, 0.2) is 5.71 Å². The molecule has 0 radical (unpaired) electrons. The number of benzene rings is 2. The first-order chi connectivity index (χ1) is 14.1. The highest BCUT2D eigenvalue weighted by Crippen LogP contribution is 2.42. The van der Waals surface area contributed by atoms with Crippen LogP contribution in [0.1, 0.15) is 23.6 Å². The number of anilines is 1. The van der Waals surface area contributed by atoms with Crippen molar-refractivity contribution in [2.24, 2.45) is 5.16 Å². The SMILES string of the molecule is CCN1CCc2c(-c3ccccc3)cc3c(c2C1)N(CC(=O)OC)C(=O)/C3=N/O. The molecule has 150 valence electrons. The van der Waals surface area contributed by atoms with Gasteiger partial charge in [-0.3, -0.25) is 19.4 Å². The molecule has 0 saturated heterocycles. The molecule has 2 aliphatic rings. The normalized spacial score (nSPS) is 17.4. The van der Waals surface area contributed by atoms with Crippen molar-refractivity contribution in [1.82, 2.24) is 4.90 Å². The van der Waals surface area contributed by atoms with Crippen molar-refractivity contribution in [3.05, 3.63) is 53.1 Å². The van der Waals surface area contributed by atoms with E-state index in [1.807, 2.05) is 36.4 Å². The number of oxime groups is 1. The number of rotatable bonds is 4. The van der Waals surface area contributed by atoms with Crippen molar-refractivity contribution in [3.8, 4) is 11.1 Å². The lowest BCUT2D eigenvalue weighted by Crippen LogP contribution is -2.37. The minimum absolute atomic E-state index is 0.0440. The molecule has 2 aromatic rings. The number of nitrogens with zero attached hydrogens (tertiary/aromatic N) is 3. The summed E-state index contributed by atoms with van der Waals surface area (Å²) in [6.07, 6.45) is 0.840. The van der Waals surface area contributed by atoms with Crippen molar-refractivity contribution in [3.63, 3.8) is 0 Å². The molecule has 0 atom stereocenters. The number of carbonyl (C=O) groups excluding carboxylic acids is 2. The predicted molar refractivity (Wildman–Crippen MR) is 109 cm³/mol. The number of hydrogen-bond donors (Lipinski definition) is 1. The zero-order chi connectivity index (χ0) is 20.5. The fraction of sp³-hybridized carbons (Fsp3) is 0.318. The summed E-state index contributed by atoms with van der Waals surface area (Å²) < 4.78 is 4.78. The standard InChI is InChI=1S/C22H23N3O4/c1-3-24-10-9-15-16(14-7-5-4-6-8-14)11-17-20(23-28)22(27)25(13-19(26)29-2)21(17)18(15)12-24/h4-8,11,28H,3,9-10,12-13H2,1-2H3/b23-20+. The molecule has 0 aliphatic carbocycles. The highest BCUT2D eigenvalue weighted by atomic mass is 16.5. The van der Waals surface area contributed by atoms with Gasteiger partial charge in [-0.05, 0) is 41.3 Å². The van der Waals surface area contributed by atoms with Crippen LogP contribution in [-0.4, -0.2) is 54.4 Å². The topological polar surface area (TPSA) is 82.4 Å². The van der Waals surface area contributed by atoms with Gasteiger partial charge < -0.3 is 9.94 Å². The zero-order valence-electron chi connectivity index (χ0n) is 16.5. The summed E-state index contributed by atoms with van der Waals surface area (Å²) in [6, 6.07) is 11.9. The summed E-state index contributed by atoms with van der Waals surface area (Å²) >= 11 is 0. The number of amides is 1. The lowest BCUT2D eigenvalue weighted by molar-refractivity contribution is -0.139. The molecule has 2 heterocycles. The molecule has 1 N–H and O–H groups in total. The Morgan fingerprint density at radius 3 is 2.62 bits per heavy atom. The summed E-state index contributed by atoms with van der Waals surface area (Å²) in [5.74, 6) is -1.01. The molecule has 0 bridgehead atoms. The molecule has 2 aromatic carbocycles. The quantitative estimate of drug-likeness (QED) is 0.490. The third kappa shape index (κ3) is 3.17. The van der Waals surface area contributed by atoms with E-state index in [1.54, 1.807) is 0 Å². The molecule has 4 rings (SSSR count). The lowest BCUT2D eigenvalue weighted by Gasteiger charge is -2.32. The number of esters is 1. The Balaban J connectivity index is 1.97. The van der Waals surface area contributed by atoms with Crippen LogP contribution in [0.5, 0.6) is 0 Å². The first-order valence-electron chi connectivity index (χ1n) is 9.66. The van der Waals surface area contributed by atoms with Gasteiger partial charge in [0, 0.05) is 18.7 Å². The highest BCUT2D eigenvalue weighted by Gasteiger charge is 2.40. The van der Waals surface area contributed by atoms with Crippen molar-refractivity contribution in [2.45, 2.75) is 19.9 Å². The highest BCUT2D eigenvalue weighted by molar-refractivity contribution is 6.55. The summed E-state index contributed by atoms with van der Waals surface area (Å²) in [7, 11) is 1.29. The van der Waals surface area contributed by atoms with E-state index in [1.165, 1.54) is 17.6 Å². The van der Waals surface area contributed by atoms with E-state index in [4.69, 9.17) is 4.74 Å². The molecule has 1 amide bonds. The second-order valence-corrected chi connectivity index (χ2v) is 7.18. The van der Waals surface area contributed by atoms with Crippen LogP contribution in [0.3, 0.4) is 0 Å². The molecule has 0 unspecified atom stereocenters. The van der Waals surface area contributed by atoms with E-state index < -0.39 is 11.9 Å². The first kappa shape index (κ1) is 19.1. The third-order valence-corrected chi connectivity index (χ3v) is 5.70. The molecular formula is C22H23N3O4. The van der Waals surface area contributed by atoms with Gasteiger partial charge in [-0.15, -0.1) is 0 Å². The Bertz CT molecular complexity index is 1000. The first-order valence-corrected chi connectivity index (χ1v) is 9.66. The van der Waals surface area contributed by atoms with Crippen LogP contribution >= 0.6 is 0 Å². The van der Waals surface area contributed by atoms with E-state index in [2.05, 4.69) is 17.0 Å². The number of ether oxygens (including phenoxy) is 1. The molecule has 7 heteroatoms. The van der Waals surface area contributed by atoms with Gasteiger partial charge in [0.25, 0.3) is 5.91 Å².